The van der Waals surface area contributed by atoms with E-state index in [9.17, 15) is 18.3 Å². The molecule has 3 heterocycles. The van der Waals surface area contributed by atoms with E-state index in [0.29, 0.717) is 16.8 Å². The lowest BCUT2D eigenvalue weighted by Gasteiger charge is -2.22. The van der Waals surface area contributed by atoms with Gasteiger partial charge in [-0.1, -0.05) is 6.92 Å². The van der Waals surface area contributed by atoms with Crippen molar-refractivity contribution in [1.29, 1.82) is 0 Å². The minimum atomic E-state index is -3.84. The highest BCUT2D eigenvalue weighted by molar-refractivity contribution is 7.89. The topological polar surface area (TPSA) is 121 Å². The van der Waals surface area contributed by atoms with E-state index in [0.717, 1.165) is 9.47 Å². The van der Waals surface area contributed by atoms with Crippen LogP contribution in [0.25, 0.3) is 10.9 Å². The molecule has 1 aromatic carbocycles. The van der Waals surface area contributed by atoms with Crippen molar-refractivity contribution in [3.05, 3.63) is 41.9 Å². The number of aliphatic hydroxyl groups is 1. The van der Waals surface area contributed by atoms with Gasteiger partial charge in [-0.3, -0.25) is 9.89 Å². The molecule has 2 aromatic heterocycles. The van der Waals surface area contributed by atoms with E-state index in [4.69, 9.17) is 0 Å². The Morgan fingerprint density at radius 3 is 2.78 bits per heavy atom. The fourth-order valence-corrected chi connectivity index (χ4v) is 4.28. The number of aliphatic hydroxyl groups excluding tert-OH is 1. The summed E-state index contributed by atoms with van der Waals surface area (Å²) in [5.74, 6) is -0.701. The van der Waals surface area contributed by atoms with Gasteiger partial charge in [0.25, 0.3) is 10.0 Å². The van der Waals surface area contributed by atoms with Gasteiger partial charge in [-0.15, -0.1) is 0 Å². The molecule has 10 heteroatoms. The molecule has 1 amide bonds. The number of carbonyl (C=O) groups excluding carboxylic acids is 1. The Kier molecular flexibility index (Phi) is 4.04. The predicted octanol–water partition coefficient (Wildman–Crippen LogP) is 0.855. The van der Waals surface area contributed by atoms with Crippen LogP contribution in [-0.4, -0.2) is 49.8 Å². The molecule has 27 heavy (non-hydrogen) atoms. The SMILES string of the molecule is C[C@H](O)[C@@H](C)C(=O)N1Cc2cn(S(=O)(=O)c3ccc4cn[nH]c4c3)nc2C1. The first kappa shape index (κ1) is 17.7. The second-order valence-electron chi connectivity index (χ2n) is 6.82. The Hall–Kier alpha value is -2.72. The first-order valence-electron chi connectivity index (χ1n) is 8.50. The molecule has 3 aromatic rings. The lowest BCUT2D eigenvalue weighted by Crippen LogP contribution is -2.35. The van der Waals surface area contributed by atoms with Crippen LogP contribution in [0.3, 0.4) is 0 Å². The summed E-state index contributed by atoms with van der Waals surface area (Å²) in [5.41, 5.74) is 1.86. The fourth-order valence-electron chi connectivity index (χ4n) is 3.09. The number of hydrogen-bond acceptors (Lipinski definition) is 6. The average Bonchev–Trinajstić information content (AvgIpc) is 3.33. The lowest BCUT2D eigenvalue weighted by atomic mass is 10.1. The molecular formula is C17H19N5O4S. The van der Waals surface area contributed by atoms with Gasteiger partial charge >= 0.3 is 0 Å². The van der Waals surface area contributed by atoms with Gasteiger partial charge in [0.15, 0.2) is 0 Å². The molecule has 9 nitrogen and oxygen atoms in total. The molecule has 0 fully saturated rings. The van der Waals surface area contributed by atoms with E-state index in [1.54, 1.807) is 31.0 Å². The van der Waals surface area contributed by atoms with Crippen molar-refractivity contribution < 1.29 is 18.3 Å². The molecule has 142 valence electrons. The quantitative estimate of drug-likeness (QED) is 0.682. The predicted molar refractivity (Wildman–Crippen MR) is 96.0 cm³/mol. The molecule has 2 atom stereocenters. The number of carbonyl (C=O) groups is 1. The number of amides is 1. The van der Waals surface area contributed by atoms with Crippen LogP contribution in [0.2, 0.25) is 0 Å². The molecule has 4 rings (SSSR count). The van der Waals surface area contributed by atoms with Crippen LogP contribution >= 0.6 is 0 Å². The monoisotopic (exact) mass is 389 g/mol. The van der Waals surface area contributed by atoms with Crippen LogP contribution in [0.1, 0.15) is 25.1 Å². The standard InChI is InChI=1S/C17H19N5O4S/c1-10(11(2)23)17(24)21-7-13-8-22(20-16(13)9-21)27(25,26)14-4-3-12-6-18-19-15(12)5-14/h3-6,8,10-11,23H,7,9H2,1-2H3,(H,18,19)/t10-,11+/m1/s1. The van der Waals surface area contributed by atoms with Gasteiger partial charge < -0.3 is 10.0 Å². The Morgan fingerprint density at radius 2 is 2.07 bits per heavy atom. The summed E-state index contributed by atoms with van der Waals surface area (Å²) in [6.45, 7) is 3.74. The van der Waals surface area contributed by atoms with E-state index in [1.807, 2.05) is 0 Å². The van der Waals surface area contributed by atoms with E-state index in [-0.39, 0.29) is 23.9 Å². The molecule has 1 aliphatic heterocycles. The third-order valence-electron chi connectivity index (χ3n) is 4.94. The van der Waals surface area contributed by atoms with Gasteiger partial charge in [0, 0.05) is 23.7 Å². The van der Waals surface area contributed by atoms with E-state index >= 15 is 0 Å². The molecule has 0 unspecified atom stereocenters. The Labute approximate surface area is 155 Å². The number of fused-ring (bicyclic) bond motifs is 2. The largest absolute Gasteiger partial charge is 0.393 e. The summed E-state index contributed by atoms with van der Waals surface area (Å²) in [7, 11) is -3.84. The zero-order chi connectivity index (χ0) is 19.3. The van der Waals surface area contributed by atoms with E-state index < -0.39 is 22.0 Å². The molecule has 0 saturated heterocycles. The molecule has 0 radical (unpaired) electrons. The summed E-state index contributed by atoms with van der Waals surface area (Å²) in [5, 5.41) is 21.3. The summed E-state index contributed by atoms with van der Waals surface area (Å²) in [6, 6.07) is 4.71. The number of benzene rings is 1. The molecule has 0 bridgehead atoms. The normalized spacial score (nSPS) is 16.5. The van der Waals surface area contributed by atoms with Crippen molar-refractivity contribution in [3.8, 4) is 0 Å². The van der Waals surface area contributed by atoms with Crippen LogP contribution in [0.5, 0.6) is 0 Å². The third kappa shape index (κ3) is 2.90. The first-order valence-corrected chi connectivity index (χ1v) is 9.94. The van der Waals surface area contributed by atoms with Gasteiger partial charge in [0.05, 0.1) is 40.9 Å². The number of nitrogens with one attached hydrogen (secondary N) is 1. The lowest BCUT2D eigenvalue weighted by molar-refractivity contribution is -0.138. The maximum atomic E-state index is 12.9. The second-order valence-corrected chi connectivity index (χ2v) is 8.62. The number of H-pyrrole nitrogens is 1. The summed E-state index contributed by atoms with van der Waals surface area (Å²) < 4.78 is 26.7. The third-order valence-corrected chi connectivity index (χ3v) is 6.47. The van der Waals surface area contributed by atoms with Crippen LogP contribution in [0.15, 0.2) is 35.5 Å². The van der Waals surface area contributed by atoms with Crippen molar-refractivity contribution in [3.63, 3.8) is 0 Å². The van der Waals surface area contributed by atoms with Crippen molar-refractivity contribution in [2.75, 3.05) is 0 Å². The highest BCUT2D eigenvalue weighted by Gasteiger charge is 2.32. The van der Waals surface area contributed by atoms with Gasteiger partial charge in [-0.2, -0.15) is 22.7 Å². The number of rotatable bonds is 4. The average molecular weight is 389 g/mol. The van der Waals surface area contributed by atoms with Crippen molar-refractivity contribution >= 4 is 26.8 Å². The molecule has 1 aliphatic rings. The van der Waals surface area contributed by atoms with Crippen LogP contribution in [-0.2, 0) is 27.9 Å². The fraction of sp³-hybridized carbons (Fsp3) is 0.353. The van der Waals surface area contributed by atoms with E-state index in [1.165, 1.54) is 18.3 Å². The van der Waals surface area contributed by atoms with Crippen LogP contribution < -0.4 is 0 Å². The Bertz CT molecular complexity index is 1110. The maximum Gasteiger partial charge on any atom is 0.283 e. The Balaban J connectivity index is 1.60. The zero-order valence-electron chi connectivity index (χ0n) is 14.8. The maximum absolute atomic E-state index is 12.9. The molecule has 0 saturated carbocycles. The second kappa shape index (κ2) is 6.17. The number of aromatic amines is 1. The van der Waals surface area contributed by atoms with Gasteiger partial charge in [-0.25, -0.2) is 0 Å². The van der Waals surface area contributed by atoms with Crippen LogP contribution in [0, 0.1) is 5.92 Å². The van der Waals surface area contributed by atoms with Gasteiger partial charge in [0.1, 0.15) is 0 Å². The van der Waals surface area contributed by atoms with Crippen molar-refractivity contribution in [1.82, 2.24) is 24.3 Å². The summed E-state index contributed by atoms with van der Waals surface area (Å²) in [4.78, 5) is 14.0. The summed E-state index contributed by atoms with van der Waals surface area (Å²) >= 11 is 0. The van der Waals surface area contributed by atoms with Gasteiger partial charge in [0.2, 0.25) is 5.91 Å². The molecule has 0 aliphatic carbocycles. The van der Waals surface area contributed by atoms with Crippen molar-refractivity contribution in [2.24, 2.45) is 5.92 Å². The zero-order valence-corrected chi connectivity index (χ0v) is 15.6. The minimum Gasteiger partial charge on any atom is -0.393 e. The Morgan fingerprint density at radius 1 is 1.30 bits per heavy atom. The number of nitrogens with zero attached hydrogens (tertiary/aromatic N) is 4. The summed E-state index contributed by atoms with van der Waals surface area (Å²) in [6.07, 6.45) is 2.32. The van der Waals surface area contributed by atoms with Crippen molar-refractivity contribution in [2.45, 2.75) is 37.9 Å². The number of aromatic nitrogens is 4. The van der Waals surface area contributed by atoms with Crippen LogP contribution in [0.4, 0.5) is 0 Å². The molecular weight excluding hydrogens is 370 g/mol. The number of hydrogen-bond donors (Lipinski definition) is 2. The molecule has 2 N–H and O–H groups in total. The molecule has 0 spiro atoms. The highest BCUT2D eigenvalue weighted by atomic mass is 32.2. The first-order chi connectivity index (χ1) is 12.8. The minimum absolute atomic E-state index is 0.107. The smallest absolute Gasteiger partial charge is 0.283 e. The van der Waals surface area contributed by atoms with Gasteiger partial charge in [-0.05, 0) is 25.1 Å². The highest BCUT2D eigenvalue weighted by Crippen LogP contribution is 2.26. The van der Waals surface area contributed by atoms with E-state index in [2.05, 4.69) is 15.3 Å².